The molecule has 0 bridgehead atoms. The van der Waals surface area contributed by atoms with E-state index in [0.717, 1.165) is 17.4 Å². The number of halogens is 13. The van der Waals surface area contributed by atoms with Crippen LogP contribution < -0.4 is 5.32 Å². The number of anilines is 1. The molecule has 1 aromatic rings. The first-order valence-corrected chi connectivity index (χ1v) is 7.06. The van der Waals surface area contributed by atoms with E-state index in [2.05, 4.69) is 4.74 Å². The van der Waals surface area contributed by atoms with E-state index in [-0.39, 0.29) is 5.02 Å². The van der Waals surface area contributed by atoms with Crippen LogP contribution in [0.3, 0.4) is 0 Å². The molecule has 1 amide bonds. The van der Waals surface area contributed by atoms with Gasteiger partial charge in [0.05, 0.1) is 10.7 Å². The Morgan fingerprint density at radius 2 is 1.36 bits per heavy atom. The normalized spacial score (nSPS) is 15.9. The number of alkyl halides is 11. The van der Waals surface area contributed by atoms with Gasteiger partial charge in [-0.25, -0.2) is 0 Å². The number of carbonyl (C=O) groups excluding carboxylic acids is 1. The predicted molar refractivity (Wildman–Crippen MR) is 72.0 cm³/mol. The molecule has 0 aliphatic carbocycles. The van der Waals surface area contributed by atoms with Gasteiger partial charge in [0.2, 0.25) is 0 Å². The van der Waals surface area contributed by atoms with Crippen molar-refractivity contribution >= 4 is 34.8 Å². The number of benzene rings is 1. The van der Waals surface area contributed by atoms with Gasteiger partial charge < -0.3 is 5.32 Å². The maximum absolute atomic E-state index is 14.0. The third-order valence-electron chi connectivity index (χ3n) is 2.82. The summed E-state index contributed by atoms with van der Waals surface area (Å²) in [7, 11) is 0. The van der Waals surface area contributed by atoms with Crippen molar-refractivity contribution in [2.45, 2.75) is 30.2 Å². The molecule has 0 aromatic heterocycles. The average molecular weight is 474 g/mol. The first-order chi connectivity index (χ1) is 12.3. The molecule has 28 heavy (non-hydrogen) atoms. The first-order valence-electron chi connectivity index (χ1n) is 6.31. The molecule has 0 spiro atoms. The quantitative estimate of drug-likeness (QED) is 0.535. The Bertz CT molecular complexity index is 750. The topological polar surface area (TPSA) is 38.3 Å². The summed E-state index contributed by atoms with van der Waals surface area (Å²) in [5.41, 5.74) is -0.917. The van der Waals surface area contributed by atoms with Gasteiger partial charge in [-0.15, -0.1) is 0 Å². The molecule has 1 N–H and O–H groups in total. The Balaban J connectivity index is 3.36. The van der Waals surface area contributed by atoms with Gasteiger partial charge in [0, 0.05) is 5.02 Å². The van der Waals surface area contributed by atoms with Crippen LogP contribution in [0.1, 0.15) is 0 Å². The fourth-order valence-corrected chi connectivity index (χ4v) is 1.77. The van der Waals surface area contributed by atoms with Gasteiger partial charge in [0.15, 0.2) is 0 Å². The highest BCUT2D eigenvalue weighted by Crippen LogP contribution is 2.51. The van der Waals surface area contributed by atoms with Crippen LogP contribution in [0.5, 0.6) is 0 Å². The van der Waals surface area contributed by atoms with E-state index in [1.54, 1.807) is 0 Å². The monoisotopic (exact) mass is 473 g/mol. The average Bonchev–Trinajstić information content (AvgIpc) is 2.47. The predicted octanol–water partition coefficient (Wildman–Crippen LogP) is 5.97. The second-order valence-corrected chi connectivity index (χ2v) is 5.71. The summed E-state index contributed by atoms with van der Waals surface area (Å²) < 4.78 is 142. The van der Waals surface area contributed by atoms with Crippen LogP contribution in [0.2, 0.25) is 10.0 Å². The second kappa shape index (κ2) is 7.37. The lowest BCUT2D eigenvalue weighted by Crippen LogP contribution is -2.62. The van der Waals surface area contributed by atoms with Gasteiger partial charge in [-0.05, 0) is 18.2 Å². The third-order valence-corrected chi connectivity index (χ3v) is 3.39. The Morgan fingerprint density at radius 3 is 1.79 bits per heavy atom. The molecule has 0 fully saturated rings. The number of ether oxygens (including phenoxy) is 1. The molecule has 1 rings (SSSR count). The summed E-state index contributed by atoms with van der Waals surface area (Å²) in [5.74, 6) is -16.8. The molecular formula is C12H4Cl2F11NO2. The first kappa shape index (κ1) is 24.5. The molecule has 0 unspecified atom stereocenters. The number of hydrogen-bond acceptors (Lipinski definition) is 2. The van der Waals surface area contributed by atoms with Gasteiger partial charge in [0.25, 0.3) is 5.91 Å². The highest BCUT2D eigenvalue weighted by atomic mass is 35.5. The fourth-order valence-electron chi connectivity index (χ4n) is 1.43. The molecule has 1 aromatic carbocycles. The van der Waals surface area contributed by atoms with Crippen LogP contribution >= 0.6 is 23.2 Å². The van der Waals surface area contributed by atoms with Crippen molar-refractivity contribution in [2.75, 3.05) is 5.32 Å². The van der Waals surface area contributed by atoms with Gasteiger partial charge in [-0.3, -0.25) is 9.53 Å². The summed E-state index contributed by atoms with van der Waals surface area (Å²) in [6.45, 7) is 0. The number of carbonyl (C=O) groups is 1. The fraction of sp³-hybridized carbons (Fsp3) is 0.417. The van der Waals surface area contributed by atoms with Crippen LogP contribution in [-0.4, -0.2) is 36.1 Å². The van der Waals surface area contributed by atoms with E-state index in [1.807, 2.05) is 0 Å². The molecule has 0 saturated heterocycles. The van der Waals surface area contributed by atoms with Crippen LogP contribution in [0, 0.1) is 0 Å². The molecular weight excluding hydrogens is 470 g/mol. The van der Waals surface area contributed by atoms with E-state index in [0.29, 0.717) is 6.07 Å². The van der Waals surface area contributed by atoms with Gasteiger partial charge in [-0.2, -0.15) is 48.3 Å². The number of hydrogen-bond donors (Lipinski definition) is 1. The van der Waals surface area contributed by atoms with Crippen molar-refractivity contribution in [2.24, 2.45) is 0 Å². The third kappa shape index (κ3) is 4.54. The molecule has 0 radical (unpaired) electrons. The minimum atomic E-state index is -7.28. The smallest absolute Gasteiger partial charge is 0.319 e. The van der Waals surface area contributed by atoms with E-state index < -0.39 is 46.9 Å². The van der Waals surface area contributed by atoms with E-state index in [4.69, 9.17) is 23.2 Å². The molecule has 1 atom stereocenters. The SMILES string of the molecule is O=C(Nc1cc(Cl)ccc1Cl)[C@@](F)(OC(F)(F)C(F)(F)C(F)(F)F)C(F)(F)F. The highest BCUT2D eigenvalue weighted by Gasteiger charge is 2.79. The molecule has 0 aliphatic heterocycles. The van der Waals surface area contributed by atoms with Crippen molar-refractivity contribution in [1.82, 2.24) is 0 Å². The highest BCUT2D eigenvalue weighted by molar-refractivity contribution is 6.35. The van der Waals surface area contributed by atoms with Crippen molar-refractivity contribution in [3.05, 3.63) is 28.2 Å². The summed E-state index contributed by atoms with van der Waals surface area (Å²) in [6.07, 6.45) is -21.1. The van der Waals surface area contributed by atoms with Crippen molar-refractivity contribution in [1.29, 1.82) is 0 Å². The summed E-state index contributed by atoms with van der Waals surface area (Å²) in [5, 5.41) is 0.0462. The molecule has 160 valence electrons. The Hall–Kier alpha value is -1.54. The van der Waals surface area contributed by atoms with Crippen LogP contribution in [0.25, 0.3) is 0 Å². The largest absolute Gasteiger partial charge is 0.462 e. The zero-order chi connectivity index (χ0) is 22.3. The van der Waals surface area contributed by atoms with Crippen molar-refractivity contribution in [3.8, 4) is 0 Å². The Kier molecular flexibility index (Phi) is 6.45. The van der Waals surface area contributed by atoms with E-state index >= 15 is 0 Å². The summed E-state index contributed by atoms with van der Waals surface area (Å²) >= 11 is 10.9. The number of rotatable bonds is 5. The molecule has 0 saturated carbocycles. The zero-order valence-electron chi connectivity index (χ0n) is 12.5. The van der Waals surface area contributed by atoms with Gasteiger partial charge in [0.1, 0.15) is 0 Å². The number of amides is 1. The maximum Gasteiger partial charge on any atom is 0.462 e. The van der Waals surface area contributed by atoms with E-state index in [9.17, 15) is 53.1 Å². The Labute approximate surface area is 157 Å². The lowest BCUT2D eigenvalue weighted by molar-refractivity contribution is -0.472. The second-order valence-electron chi connectivity index (χ2n) is 4.86. The van der Waals surface area contributed by atoms with E-state index in [1.165, 1.54) is 0 Å². The molecule has 16 heteroatoms. The summed E-state index contributed by atoms with van der Waals surface area (Å²) in [4.78, 5) is 11.5. The van der Waals surface area contributed by atoms with Gasteiger partial charge >= 0.3 is 30.2 Å². The summed E-state index contributed by atoms with van der Waals surface area (Å²) in [6, 6.07) is 2.47. The Morgan fingerprint density at radius 1 is 0.857 bits per heavy atom. The lowest BCUT2D eigenvalue weighted by atomic mass is 10.2. The standard InChI is InChI=1S/C12H4Cl2F11NO2/c13-4-1-2-5(14)6(3-4)26-7(27)8(15,10(18,19)20)28-12(24,25)9(16,17)11(21,22)23/h1-3H,(H,26,27)/t8-/m1/s1. The van der Waals surface area contributed by atoms with Crippen molar-refractivity contribution < 1.29 is 57.8 Å². The van der Waals surface area contributed by atoms with Crippen LogP contribution in [-0.2, 0) is 9.53 Å². The maximum atomic E-state index is 14.0. The van der Waals surface area contributed by atoms with Crippen LogP contribution in [0.4, 0.5) is 54.0 Å². The van der Waals surface area contributed by atoms with Crippen molar-refractivity contribution in [3.63, 3.8) is 0 Å². The zero-order valence-corrected chi connectivity index (χ0v) is 14.0. The minimum Gasteiger partial charge on any atom is -0.319 e. The van der Waals surface area contributed by atoms with Crippen LogP contribution in [0.15, 0.2) is 18.2 Å². The molecule has 3 nitrogen and oxygen atoms in total. The molecule has 0 heterocycles. The lowest BCUT2D eigenvalue weighted by Gasteiger charge is -2.34. The molecule has 0 aliphatic rings. The van der Waals surface area contributed by atoms with Gasteiger partial charge in [-0.1, -0.05) is 23.2 Å². The minimum absolute atomic E-state index is 0.314. The number of nitrogens with one attached hydrogen (secondary N) is 1.